The van der Waals surface area contributed by atoms with Crippen molar-refractivity contribution in [2.45, 2.75) is 32.5 Å². The fourth-order valence-electron chi connectivity index (χ4n) is 3.09. The molecule has 0 radical (unpaired) electrons. The van der Waals surface area contributed by atoms with Crippen LogP contribution in [0.2, 0.25) is 0 Å². The van der Waals surface area contributed by atoms with Crippen LogP contribution in [-0.2, 0) is 6.54 Å². The van der Waals surface area contributed by atoms with Crippen LogP contribution < -0.4 is 10.1 Å². The van der Waals surface area contributed by atoms with Gasteiger partial charge in [-0.1, -0.05) is 0 Å². The number of nitrogens with one attached hydrogen (secondary N) is 1. The lowest BCUT2D eigenvalue weighted by atomic mass is 10.2. The summed E-state index contributed by atoms with van der Waals surface area (Å²) in [6, 6.07) is 3.42. The normalized spacial score (nSPS) is 14.1. The third kappa shape index (κ3) is 4.87. The molecule has 4 rings (SSSR count). The number of halogens is 3. The highest BCUT2D eigenvalue weighted by molar-refractivity contribution is 6.04. The molecule has 1 aliphatic carbocycles. The Balaban J connectivity index is 1.49. The van der Waals surface area contributed by atoms with Crippen LogP contribution in [0.25, 0.3) is 10.9 Å². The summed E-state index contributed by atoms with van der Waals surface area (Å²) in [5.41, 5.74) is 2.20. The Morgan fingerprint density at radius 3 is 2.83 bits per heavy atom. The molecule has 0 spiro atoms. The van der Waals surface area contributed by atoms with E-state index in [-0.39, 0.29) is 11.8 Å². The number of pyridine rings is 2. The van der Waals surface area contributed by atoms with Gasteiger partial charge in [-0.25, -0.2) is 4.98 Å². The molecule has 0 unspecified atom stereocenters. The lowest BCUT2D eigenvalue weighted by molar-refractivity contribution is -0.154. The van der Waals surface area contributed by atoms with E-state index in [2.05, 4.69) is 20.4 Å². The summed E-state index contributed by atoms with van der Waals surface area (Å²) in [6.07, 6.45) is 2.60. The molecule has 1 N–H and O–H groups in total. The molecule has 0 aromatic carbocycles. The van der Waals surface area contributed by atoms with Crippen LogP contribution in [0.1, 0.15) is 34.5 Å². The topological polar surface area (TPSA) is 81.9 Å². The second-order valence-electron chi connectivity index (χ2n) is 7.44. The molecule has 30 heavy (non-hydrogen) atoms. The Hall–Kier alpha value is -3.17. The Kier molecular flexibility index (Phi) is 5.31. The van der Waals surface area contributed by atoms with E-state index in [4.69, 9.17) is 4.74 Å². The first-order valence-corrected chi connectivity index (χ1v) is 9.54. The van der Waals surface area contributed by atoms with E-state index >= 15 is 0 Å². The Morgan fingerprint density at radius 2 is 2.13 bits per heavy atom. The second-order valence-corrected chi connectivity index (χ2v) is 7.44. The maximum absolute atomic E-state index is 12.5. The number of hydrogen-bond donors (Lipinski definition) is 1. The summed E-state index contributed by atoms with van der Waals surface area (Å²) in [7, 11) is 0. The Bertz CT molecular complexity index is 1080. The summed E-state index contributed by atoms with van der Waals surface area (Å²) in [6.45, 7) is 1.24. The van der Waals surface area contributed by atoms with Crippen molar-refractivity contribution in [2.24, 2.45) is 5.92 Å². The number of nitrogens with zero attached hydrogens (tertiary/aromatic N) is 4. The summed E-state index contributed by atoms with van der Waals surface area (Å²) < 4.78 is 43.3. The number of carbonyl (C=O) groups is 1. The highest BCUT2D eigenvalue weighted by Gasteiger charge is 2.29. The Labute approximate surface area is 170 Å². The fourth-order valence-corrected chi connectivity index (χ4v) is 3.09. The molecule has 0 aliphatic heterocycles. The monoisotopic (exact) mass is 419 g/mol. The molecule has 1 fully saturated rings. The molecule has 3 aromatic heterocycles. The van der Waals surface area contributed by atoms with Crippen molar-refractivity contribution in [3.8, 4) is 5.88 Å². The number of hydrogen-bond acceptors (Lipinski definition) is 5. The van der Waals surface area contributed by atoms with E-state index in [1.165, 1.54) is 6.20 Å². The third-order valence-corrected chi connectivity index (χ3v) is 4.75. The van der Waals surface area contributed by atoms with Crippen molar-refractivity contribution in [2.75, 3.05) is 13.2 Å². The fraction of sp³-hybridized carbons (Fsp3) is 0.400. The van der Waals surface area contributed by atoms with E-state index in [0.29, 0.717) is 41.2 Å². The van der Waals surface area contributed by atoms with Crippen LogP contribution in [-0.4, -0.2) is 45.0 Å². The zero-order chi connectivity index (χ0) is 21.3. The minimum Gasteiger partial charge on any atom is -0.468 e. The van der Waals surface area contributed by atoms with Gasteiger partial charge in [0, 0.05) is 30.7 Å². The number of rotatable bonds is 7. The third-order valence-electron chi connectivity index (χ3n) is 4.75. The van der Waals surface area contributed by atoms with Gasteiger partial charge in [-0.3, -0.25) is 14.5 Å². The van der Waals surface area contributed by atoms with Crippen molar-refractivity contribution in [3.63, 3.8) is 0 Å². The SMILES string of the molecule is Cc1cc(Cn2cc3c(C(=O)NCC4CC4)nccc3n2)cnc1OCC(F)(F)F. The van der Waals surface area contributed by atoms with Crippen molar-refractivity contribution in [3.05, 3.63) is 47.5 Å². The van der Waals surface area contributed by atoms with E-state index in [0.717, 1.165) is 18.4 Å². The highest BCUT2D eigenvalue weighted by Crippen LogP contribution is 2.28. The van der Waals surface area contributed by atoms with Crippen LogP contribution in [0, 0.1) is 12.8 Å². The maximum atomic E-state index is 12.5. The molecule has 0 bridgehead atoms. The van der Waals surface area contributed by atoms with Gasteiger partial charge in [-0.05, 0) is 43.4 Å². The molecule has 158 valence electrons. The summed E-state index contributed by atoms with van der Waals surface area (Å²) in [4.78, 5) is 20.6. The van der Waals surface area contributed by atoms with Crippen LogP contribution in [0.4, 0.5) is 13.2 Å². The van der Waals surface area contributed by atoms with Crippen LogP contribution >= 0.6 is 0 Å². The molecule has 10 heteroatoms. The number of aromatic nitrogens is 4. The van der Waals surface area contributed by atoms with Crippen molar-refractivity contribution >= 4 is 16.8 Å². The number of alkyl halides is 3. The number of ether oxygens (including phenoxy) is 1. The molecule has 1 saturated carbocycles. The molecule has 3 heterocycles. The first kappa shape index (κ1) is 20.1. The van der Waals surface area contributed by atoms with E-state index in [1.54, 1.807) is 36.1 Å². The van der Waals surface area contributed by atoms with Crippen LogP contribution in [0.5, 0.6) is 5.88 Å². The quantitative estimate of drug-likeness (QED) is 0.636. The van der Waals surface area contributed by atoms with Gasteiger partial charge < -0.3 is 10.1 Å². The molecule has 0 atom stereocenters. The van der Waals surface area contributed by atoms with Gasteiger partial charge in [-0.15, -0.1) is 0 Å². The highest BCUT2D eigenvalue weighted by atomic mass is 19.4. The van der Waals surface area contributed by atoms with Crippen LogP contribution in [0.15, 0.2) is 30.7 Å². The number of carbonyl (C=O) groups excluding carboxylic acids is 1. The summed E-state index contributed by atoms with van der Waals surface area (Å²) in [5, 5.41) is 8.01. The first-order chi connectivity index (χ1) is 14.3. The number of fused-ring (bicyclic) bond motifs is 1. The van der Waals surface area contributed by atoms with Gasteiger partial charge >= 0.3 is 6.18 Å². The van der Waals surface area contributed by atoms with Crippen molar-refractivity contribution < 1.29 is 22.7 Å². The molecule has 3 aromatic rings. The van der Waals surface area contributed by atoms with E-state index < -0.39 is 12.8 Å². The predicted molar refractivity (Wildman–Crippen MR) is 102 cm³/mol. The molecular formula is C20H20F3N5O2. The standard InChI is InChI=1S/C20H20F3N5O2/c1-12-6-14(8-26-19(12)30-11-20(21,22)23)9-28-10-15-16(27-28)4-5-24-17(15)18(29)25-7-13-2-3-13/h4-6,8,10,13H,2-3,7,9,11H2,1H3,(H,25,29). The molecule has 1 amide bonds. The van der Waals surface area contributed by atoms with Crippen molar-refractivity contribution in [1.82, 2.24) is 25.1 Å². The second kappa shape index (κ2) is 7.92. The smallest absolute Gasteiger partial charge is 0.422 e. The van der Waals surface area contributed by atoms with Gasteiger partial charge in [0.15, 0.2) is 6.61 Å². The predicted octanol–water partition coefficient (Wildman–Crippen LogP) is 3.26. The van der Waals surface area contributed by atoms with Crippen molar-refractivity contribution in [1.29, 1.82) is 0 Å². The summed E-state index contributed by atoms with van der Waals surface area (Å²) in [5.74, 6) is 0.283. The van der Waals surface area contributed by atoms with Gasteiger partial charge in [0.1, 0.15) is 5.69 Å². The average Bonchev–Trinajstić information content (AvgIpc) is 3.42. The lowest BCUT2D eigenvalue weighted by Crippen LogP contribution is -2.26. The van der Waals surface area contributed by atoms with Gasteiger partial charge in [0.05, 0.1) is 17.4 Å². The zero-order valence-corrected chi connectivity index (χ0v) is 16.2. The first-order valence-electron chi connectivity index (χ1n) is 9.54. The maximum Gasteiger partial charge on any atom is 0.422 e. The van der Waals surface area contributed by atoms with Gasteiger partial charge in [0.2, 0.25) is 5.88 Å². The van der Waals surface area contributed by atoms with Gasteiger partial charge in [-0.2, -0.15) is 18.3 Å². The molecular weight excluding hydrogens is 399 g/mol. The zero-order valence-electron chi connectivity index (χ0n) is 16.2. The molecule has 0 saturated heterocycles. The van der Waals surface area contributed by atoms with E-state index in [1.807, 2.05) is 0 Å². The molecule has 7 nitrogen and oxygen atoms in total. The van der Waals surface area contributed by atoms with E-state index in [9.17, 15) is 18.0 Å². The minimum atomic E-state index is -4.42. The number of aryl methyl sites for hydroxylation is 1. The minimum absolute atomic E-state index is 0.0551. The average molecular weight is 419 g/mol. The largest absolute Gasteiger partial charge is 0.468 e. The molecule has 1 aliphatic rings. The van der Waals surface area contributed by atoms with Gasteiger partial charge in [0.25, 0.3) is 5.91 Å². The Morgan fingerprint density at radius 1 is 1.33 bits per heavy atom. The number of amides is 1. The summed E-state index contributed by atoms with van der Waals surface area (Å²) >= 11 is 0. The lowest BCUT2D eigenvalue weighted by Gasteiger charge is -2.11. The van der Waals surface area contributed by atoms with Crippen LogP contribution in [0.3, 0.4) is 0 Å².